The zero-order valence-electron chi connectivity index (χ0n) is 9.12. The lowest BCUT2D eigenvalue weighted by Gasteiger charge is -2.27. The summed E-state index contributed by atoms with van der Waals surface area (Å²) in [6.07, 6.45) is 7.26. The number of hydrogen-bond acceptors (Lipinski definition) is 2. The number of allylic oxidation sites excluding steroid dienone is 5. The van der Waals surface area contributed by atoms with Crippen molar-refractivity contribution in [3.63, 3.8) is 0 Å². The molecule has 0 radical (unpaired) electrons. The number of rotatable bonds is 2. The Morgan fingerprint density at radius 2 is 2.29 bits per heavy atom. The summed E-state index contributed by atoms with van der Waals surface area (Å²) in [5.41, 5.74) is 8.17. The molecule has 0 aromatic carbocycles. The van der Waals surface area contributed by atoms with Gasteiger partial charge in [0.05, 0.1) is 0 Å². The van der Waals surface area contributed by atoms with E-state index in [1.165, 1.54) is 5.57 Å². The van der Waals surface area contributed by atoms with E-state index in [4.69, 9.17) is 5.73 Å². The molecule has 0 bridgehead atoms. The van der Waals surface area contributed by atoms with Crippen LogP contribution in [0.4, 0.5) is 0 Å². The van der Waals surface area contributed by atoms with Crippen LogP contribution < -0.4 is 5.73 Å². The lowest BCUT2D eigenvalue weighted by molar-refractivity contribution is 0.473. The van der Waals surface area contributed by atoms with Crippen LogP contribution in [0.5, 0.6) is 0 Å². The minimum Gasteiger partial charge on any atom is -0.402 e. The summed E-state index contributed by atoms with van der Waals surface area (Å²) in [4.78, 5) is 1.04. The van der Waals surface area contributed by atoms with E-state index in [1.807, 2.05) is 6.08 Å². The van der Waals surface area contributed by atoms with Crippen LogP contribution in [0.3, 0.4) is 0 Å². The zero-order valence-corrected chi connectivity index (χ0v) is 10.0. The molecule has 0 heterocycles. The van der Waals surface area contributed by atoms with Crippen LogP contribution in [0.1, 0.15) is 27.2 Å². The van der Waals surface area contributed by atoms with Gasteiger partial charge in [0.2, 0.25) is 0 Å². The van der Waals surface area contributed by atoms with Crippen molar-refractivity contribution in [3.05, 3.63) is 34.4 Å². The molecule has 1 aliphatic rings. The second-order valence-corrected chi connectivity index (χ2v) is 4.46. The predicted octanol–water partition coefficient (Wildman–Crippen LogP) is 3.26. The fourth-order valence-corrected chi connectivity index (χ4v) is 2.29. The Morgan fingerprint density at radius 1 is 1.64 bits per heavy atom. The van der Waals surface area contributed by atoms with Crippen molar-refractivity contribution >= 4 is 12.6 Å². The van der Waals surface area contributed by atoms with Gasteiger partial charge in [-0.25, -0.2) is 0 Å². The monoisotopic (exact) mass is 209 g/mol. The van der Waals surface area contributed by atoms with Gasteiger partial charge < -0.3 is 5.73 Å². The standard InChI is InChI=1S/C12H19NS/c1-4-5-8(2)11-6-10(13)7-12(14)9(11)3/h4-5,7-8,11,14H,6,13H2,1-3H3. The van der Waals surface area contributed by atoms with Crippen LogP contribution in [0.25, 0.3) is 0 Å². The predicted molar refractivity (Wildman–Crippen MR) is 66.0 cm³/mol. The van der Waals surface area contributed by atoms with Crippen molar-refractivity contribution in [1.82, 2.24) is 0 Å². The Hall–Kier alpha value is -0.630. The van der Waals surface area contributed by atoms with E-state index in [-0.39, 0.29) is 0 Å². The average Bonchev–Trinajstić information content (AvgIpc) is 2.11. The summed E-state index contributed by atoms with van der Waals surface area (Å²) in [6.45, 7) is 6.43. The maximum Gasteiger partial charge on any atom is 0.00978 e. The first kappa shape index (κ1) is 11.4. The highest BCUT2D eigenvalue weighted by atomic mass is 32.1. The molecule has 2 atom stereocenters. The lowest BCUT2D eigenvalue weighted by atomic mass is 9.81. The molecule has 2 unspecified atom stereocenters. The van der Waals surface area contributed by atoms with Crippen LogP contribution in [0.2, 0.25) is 0 Å². The first-order chi connectivity index (χ1) is 6.56. The largest absolute Gasteiger partial charge is 0.402 e. The Kier molecular flexibility index (Phi) is 3.87. The molecule has 0 saturated heterocycles. The molecule has 0 saturated carbocycles. The highest BCUT2D eigenvalue weighted by molar-refractivity contribution is 7.84. The van der Waals surface area contributed by atoms with Crippen molar-refractivity contribution < 1.29 is 0 Å². The van der Waals surface area contributed by atoms with Gasteiger partial charge in [0, 0.05) is 10.6 Å². The molecule has 0 aliphatic heterocycles. The van der Waals surface area contributed by atoms with Crippen molar-refractivity contribution in [2.75, 3.05) is 0 Å². The molecule has 78 valence electrons. The fraction of sp³-hybridized carbons (Fsp3) is 0.500. The molecule has 1 aliphatic carbocycles. The molecule has 0 spiro atoms. The molecule has 1 rings (SSSR count). The van der Waals surface area contributed by atoms with Gasteiger partial charge in [0.1, 0.15) is 0 Å². The van der Waals surface area contributed by atoms with Crippen LogP contribution in [0.15, 0.2) is 34.4 Å². The van der Waals surface area contributed by atoms with Crippen LogP contribution in [-0.4, -0.2) is 0 Å². The third-order valence-corrected chi connectivity index (χ3v) is 3.35. The molecule has 0 amide bonds. The zero-order chi connectivity index (χ0) is 10.7. The van der Waals surface area contributed by atoms with Gasteiger partial charge in [-0.3, -0.25) is 0 Å². The molecule has 2 heteroatoms. The summed E-state index contributed by atoms with van der Waals surface area (Å²) in [6, 6.07) is 0. The number of hydrogen-bond donors (Lipinski definition) is 2. The van der Waals surface area contributed by atoms with Crippen LogP contribution in [0, 0.1) is 11.8 Å². The maximum atomic E-state index is 5.87. The molecule has 1 nitrogen and oxygen atoms in total. The normalized spacial score (nSPS) is 25.4. The third-order valence-electron chi connectivity index (χ3n) is 2.87. The Balaban J connectivity index is 2.88. The van der Waals surface area contributed by atoms with Crippen molar-refractivity contribution in [2.24, 2.45) is 17.6 Å². The third kappa shape index (κ3) is 2.44. The highest BCUT2D eigenvalue weighted by Gasteiger charge is 2.22. The van der Waals surface area contributed by atoms with E-state index >= 15 is 0 Å². The molecule has 0 aromatic rings. The number of nitrogens with two attached hydrogens (primary N) is 1. The van der Waals surface area contributed by atoms with Gasteiger partial charge >= 0.3 is 0 Å². The summed E-state index contributed by atoms with van der Waals surface area (Å²) < 4.78 is 0. The summed E-state index contributed by atoms with van der Waals surface area (Å²) in [5.74, 6) is 1.05. The van der Waals surface area contributed by atoms with E-state index in [1.54, 1.807) is 0 Å². The van der Waals surface area contributed by atoms with E-state index in [2.05, 4.69) is 45.6 Å². The Bertz CT molecular complexity index is 299. The van der Waals surface area contributed by atoms with Crippen molar-refractivity contribution in [2.45, 2.75) is 27.2 Å². The smallest absolute Gasteiger partial charge is 0.00978 e. The SMILES string of the molecule is CC=CC(C)C1CC(N)=CC(S)=C1C. The van der Waals surface area contributed by atoms with E-state index in [0.717, 1.165) is 17.0 Å². The molecular formula is C12H19NS. The summed E-state index contributed by atoms with van der Waals surface area (Å²) in [7, 11) is 0. The molecular weight excluding hydrogens is 190 g/mol. The molecule has 14 heavy (non-hydrogen) atoms. The Labute approximate surface area is 92.2 Å². The number of thiol groups is 1. The molecule has 2 N–H and O–H groups in total. The first-order valence-electron chi connectivity index (χ1n) is 5.04. The van der Waals surface area contributed by atoms with Gasteiger partial charge in [-0.05, 0) is 38.2 Å². The Morgan fingerprint density at radius 3 is 2.86 bits per heavy atom. The first-order valence-corrected chi connectivity index (χ1v) is 5.49. The van der Waals surface area contributed by atoms with Gasteiger partial charge in [-0.15, -0.1) is 12.6 Å². The second kappa shape index (κ2) is 4.74. The lowest BCUT2D eigenvalue weighted by Crippen LogP contribution is -2.18. The van der Waals surface area contributed by atoms with Crippen molar-refractivity contribution in [1.29, 1.82) is 0 Å². The summed E-state index contributed by atoms with van der Waals surface area (Å²) >= 11 is 4.44. The minimum absolute atomic E-state index is 0.517. The second-order valence-electron chi connectivity index (χ2n) is 3.98. The molecule has 0 aromatic heterocycles. The maximum absolute atomic E-state index is 5.87. The van der Waals surface area contributed by atoms with Gasteiger partial charge in [0.25, 0.3) is 0 Å². The van der Waals surface area contributed by atoms with E-state index < -0.39 is 0 Å². The fourth-order valence-electron chi connectivity index (χ4n) is 1.96. The van der Waals surface area contributed by atoms with E-state index in [9.17, 15) is 0 Å². The van der Waals surface area contributed by atoms with Gasteiger partial charge in [-0.2, -0.15) is 0 Å². The van der Waals surface area contributed by atoms with Crippen molar-refractivity contribution in [3.8, 4) is 0 Å². The minimum atomic E-state index is 0.517. The highest BCUT2D eigenvalue weighted by Crippen LogP contribution is 2.34. The van der Waals surface area contributed by atoms with E-state index in [0.29, 0.717) is 11.8 Å². The van der Waals surface area contributed by atoms with Gasteiger partial charge in [0.15, 0.2) is 0 Å². The average molecular weight is 209 g/mol. The van der Waals surface area contributed by atoms with Crippen LogP contribution in [-0.2, 0) is 0 Å². The van der Waals surface area contributed by atoms with Crippen LogP contribution >= 0.6 is 12.6 Å². The summed E-state index contributed by atoms with van der Waals surface area (Å²) in [5, 5.41) is 0. The molecule has 0 fully saturated rings. The quantitative estimate of drug-likeness (QED) is 0.530. The topological polar surface area (TPSA) is 26.0 Å². The van der Waals surface area contributed by atoms with Gasteiger partial charge in [-0.1, -0.05) is 24.6 Å².